The van der Waals surface area contributed by atoms with Gasteiger partial charge in [0.15, 0.2) is 0 Å². The van der Waals surface area contributed by atoms with Crippen LogP contribution in [0.5, 0.6) is 0 Å². The summed E-state index contributed by atoms with van der Waals surface area (Å²) >= 11 is 0. The van der Waals surface area contributed by atoms with Gasteiger partial charge in [0.25, 0.3) is 0 Å². The number of carbonyl (C=O) groups is 2. The van der Waals surface area contributed by atoms with Gasteiger partial charge in [0.2, 0.25) is 11.8 Å². The number of hydrogen-bond acceptors (Lipinski definition) is 3. The quantitative estimate of drug-likeness (QED) is 0.819. The summed E-state index contributed by atoms with van der Waals surface area (Å²) in [7, 11) is 0. The highest BCUT2D eigenvalue weighted by Crippen LogP contribution is 2.19. The normalized spacial score (nSPS) is 16.7. The van der Waals surface area contributed by atoms with E-state index in [0.717, 1.165) is 18.4 Å². The number of H-pyrrole nitrogens is 1. The maximum absolute atomic E-state index is 12.0. The lowest BCUT2D eigenvalue weighted by Crippen LogP contribution is -2.40. The van der Waals surface area contributed by atoms with Gasteiger partial charge in [0, 0.05) is 31.5 Å². The second kappa shape index (κ2) is 5.20. The van der Waals surface area contributed by atoms with Crippen molar-refractivity contribution in [2.24, 2.45) is 5.92 Å². The molecule has 2 N–H and O–H groups in total. The van der Waals surface area contributed by atoms with Crippen molar-refractivity contribution in [2.75, 3.05) is 18.4 Å². The molecule has 0 atom stereocenters. The number of anilines is 1. The van der Waals surface area contributed by atoms with E-state index in [2.05, 4.69) is 15.5 Å². The molecule has 1 saturated heterocycles. The van der Waals surface area contributed by atoms with Gasteiger partial charge < -0.3 is 10.2 Å². The van der Waals surface area contributed by atoms with Crippen LogP contribution < -0.4 is 5.32 Å². The Morgan fingerprint density at radius 2 is 2.11 bits per heavy atom. The van der Waals surface area contributed by atoms with Crippen molar-refractivity contribution in [1.82, 2.24) is 15.1 Å². The Morgan fingerprint density at radius 3 is 2.61 bits per heavy atom. The summed E-state index contributed by atoms with van der Waals surface area (Å²) in [6.45, 7) is 4.77. The number of aryl methyl sites for hydroxylation is 1. The lowest BCUT2D eigenvalue weighted by atomic mass is 9.96. The predicted octanol–water partition coefficient (Wildman–Crippen LogP) is 0.915. The number of rotatable bonds is 2. The lowest BCUT2D eigenvalue weighted by molar-refractivity contribution is -0.132. The zero-order valence-electron chi connectivity index (χ0n) is 10.7. The number of aromatic amines is 1. The summed E-state index contributed by atoms with van der Waals surface area (Å²) in [6, 6.07) is 0. The molecule has 0 bridgehead atoms. The molecular weight excluding hydrogens is 232 g/mol. The SMILES string of the molecule is CC(=O)N1CCC(C(=O)Nc2[nH]ncc2C)CC1. The minimum atomic E-state index is -0.0247. The summed E-state index contributed by atoms with van der Waals surface area (Å²) in [5, 5.41) is 9.46. The highest BCUT2D eigenvalue weighted by atomic mass is 16.2. The van der Waals surface area contributed by atoms with Crippen LogP contribution in [-0.2, 0) is 9.59 Å². The van der Waals surface area contributed by atoms with Crippen LogP contribution >= 0.6 is 0 Å². The molecule has 1 aromatic rings. The van der Waals surface area contributed by atoms with Crippen molar-refractivity contribution in [3.05, 3.63) is 11.8 Å². The van der Waals surface area contributed by atoms with E-state index in [9.17, 15) is 9.59 Å². The van der Waals surface area contributed by atoms with Crippen LogP contribution in [0.15, 0.2) is 6.20 Å². The van der Waals surface area contributed by atoms with Gasteiger partial charge >= 0.3 is 0 Å². The Labute approximate surface area is 106 Å². The average Bonchev–Trinajstić information content (AvgIpc) is 2.75. The molecule has 2 rings (SSSR count). The fourth-order valence-corrected chi connectivity index (χ4v) is 2.15. The van der Waals surface area contributed by atoms with Gasteiger partial charge in [-0.05, 0) is 19.8 Å². The maximum atomic E-state index is 12.0. The van der Waals surface area contributed by atoms with Crippen molar-refractivity contribution < 1.29 is 9.59 Å². The molecule has 0 radical (unpaired) electrons. The van der Waals surface area contributed by atoms with Crippen LogP contribution in [0.1, 0.15) is 25.3 Å². The zero-order chi connectivity index (χ0) is 13.1. The highest BCUT2D eigenvalue weighted by Gasteiger charge is 2.26. The topological polar surface area (TPSA) is 78.1 Å². The third kappa shape index (κ3) is 2.69. The molecule has 0 unspecified atom stereocenters. The minimum Gasteiger partial charge on any atom is -0.343 e. The zero-order valence-corrected chi connectivity index (χ0v) is 10.7. The molecule has 1 aliphatic rings. The largest absolute Gasteiger partial charge is 0.343 e. The number of aromatic nitrogens is 2. The second-order valence-electron chi connectivity index (χ2n) is 4.70. The van der Waals surface area contributed by atoms with E-state index in [-0.39, 0.29) is 17.7 Å². The molecule has 18 heavy (non-hydrogen) atoms. The van der Waals surface area contributed by atoms with Crippen LogP contribution in [0.25, 0.3) is 0 Å². The average molecular weight is 250 g/mol. The molecule has 2 amide bonds. The van der Waals surface area contributed by atoms with Crippen molar-refractivity contribution in [1.29, 1.82) is 0 Å². The molecule has 0 saturated carbocycles. The first-order valence-electron chi connectivity index (χ1n) is 6.14. The fourth-order valence-electron chi connectivity index (χ4n) is 2.15. The molecule has 0 spiro atoms. The summed E-state index contributed by atoms with van der Waals surface area (Å²) < 4.78 is 0. The van der Waals surface area contributed by atoms with Crippen molar-refractivity contribution in [2.45, 2.75) is 26.7 Å². The molecule has 6 heteroatoms. The Hall–Kier alpha value is -1.85. The van der Waals surface area contributed by atoms with E-state index < -0.39 is 0 Å². The lowest BCUT2D eigenvalue weighted by Gasteiger charge is -2.30. The number of piperidine rings is 1. The monoisotopic (exact) mass is 250 g/mol. The third-order valence-corrected chi connectivity index (χ3v) is 3.39. The van der Waals surface area contributed by atoms with E-state index in [1.165, 1.54) is 0 Å². The van der Waals surface area contributed by atoms with E-state index in [0.29, 0.717) is 18.9 Å². The Kier molecular flexibility index (Phi) is 3.64. The van der Waals surface area contributed by atoms with Gasteiger partial charge in [-0.3, -0.25) is 14.7 Å². The van der Waals surface area contributed by atoms with Gasteiger partial charge in [-0.25, -0.2) is 0 Å². The Balaban J connectivity index is 1.88. The highest BCUT2D eigenvalue weighted by molar-refractivity contribution is 5.92. The predicted molar refractivity (Wildman–Crippen MR) is 66.9 cm³/mol. The van der Waals surface area contributed by atoms with Crippen LogP contribution in [0.3, 0.4) is 0 Å². The summed E-state index contributed by atoms with van der Waals surface area (Å²) in [5.41, 5.74) is 0.921. The van der Waals surface area contributed by atoms with Crippen LogP contribution in [-0.4, -0.2) is 40.0 Å². The number of nitrogens with zero attached hydrogens (tertiary/aromatic N) is 2. The number of nitrogens with one attached hydrogen (secondary N) is 2. The molecule has 2 heterocycles. The first-order chi connectivity index (χ1) is 8.58. The molecule has 1 aliphatic heterocycles. The van der Waals surface area contributed by atoms with Gasteiger partial charge in [0.05, 0.1) is 6.20 Å². The first-order valence-corrected chi connectivity index (χ1v) is 6.14. The number of amides is 2. The minimum absolute atomic E-state index is 0.00514. The summed E-state index contributed by atoms with van der Waals surface area (Å²) in [4.78, 5) is 25.0. The second-order valence-corrected chi connectivity index (χ2v) is 4.70. The van der Waals surface area contributed by atoms with E-state index >= 15 is 0 Å². The van der Waals surface area contributed by atoms with Gasteiger partial charge in [0.1, 0.15) is 5.82 Å². The standard InChI is InChI=1S/C12H18N4O2/c1-8-7-13-15-11(8)14-12(18)10-3-5-16(6-4-10)9(2)17/h7,10H,3-6H2,1-2H3,(H2,13,14,15,18). The molecule has 1 aromatic heterocycles. The van der Waals surface area contributed by atoms with Crippen molar-refractivity contribution in [3.63, 3.8) is 0 Å². The summed E-state index contributed by atoms with van der Waals surface area (Å²) in [6.07, 6.45) is 3.12. The van der Waals surface area contributed by atoms with E-state index in [1.54, 1.807) is 18.0 Å². The first kappa shape index (κ1) is 12.6. The van der Waals surface area contributed by atoms with Crippen molar-refractivity contribution in [3.8, 4) is 0 Å². The van der Waals surface area contributed by atoms with E-state index in [1.807, 2.05) is 6.92 Å². The van der Waals surface area contributed by atoms with Gasteiger partial charge in [-0.2, -0.15) is 5.10 Å². The number of likely N-dealkylation sites (tertiary alicyclic amines) is 1. The molecule has 98 valence electrons. The molecule has 0 aromatic carbocycles. The van der Waals surface area contributed by atoms with Crippen LogP contribution in [0, 0.1) is 12.8 Å². The van der Waals surface area contributed by atoms with Crippen LogP contribution in [0.4, 0.5) is 5.82 Å². The summed E-state index contributed by atoms with van der Waals surface area (Å²) in [5.74, 6) is 0.723. The Bertz CT molecular complexity index is 447. The number of hydrogen-bond donors (Lipinski definition) is 2. The number of carbonyl (C=O) groups excluding carboxylic acids is 2. The van der Waals surface area contributed by atoms with Gasteiger partial charge in [-0.15, -0.1) is 0 Å². The van der Waals surface area contributed by atoms with Crippen LogP contribution in [0.2, 0.25) is 0 Å². The smallest absolute Gasteiger partial charge is 0.228 e. The van der Waals surface area contributed by atoms with Crippen molar-refractivity contribution >= 4 is 17.6 Å². The molecular formula is C12H18N4O2. The third-order valence-electron chi connectivity index (χ3n) is 3.39. The molecule has 1 fully saturated rings. The van der Waals surface area contributed by atoms with E-state index in [4.69, 9.17) is 0 Å². The fraction of sp³-hybridized carbons (Fsp3) is 0.583. The Morgan fingerprint density at radius 1 is 1.44 bits per heavy atom. The maximum Gasteiger partial charge on any atom is 0.228 e. The van der Waals surface area contributed by atoms with Gasteiger partial charge in [-0.1, -0.05) is 0 Å². The molecule has 6 nitrogen and oxygen atoms in total. The molecule has 0 aliphatic carbocycles.